The Kier molecular flexibility index (Phi) is 6.42. The Hall–Kier alpha value is -2.61. The van der Waals surface area contributed by atoms with Crippen molar-refractivity contribution in [2.24, 2.45) is 10.8 Å². The molecule has 0 saturated heterocycles. The van der Waals surface area contributed by atoms with Gasteiger partial charge in [0.05, 0.1) is 0 Å². The van der Waals surface area contributed by atoms with Gasteiger partial charge in [-0.15, -0.1) is 0 Å². The van der Waals surface area contributed by atoms with E-state index in [1.54, 1.807) is 17.7 Å². The molecule has 2 heteroatoms. The molecule has 0 aromatic heterocycles. The zero-order chi connectivity index (χ0) is 22.8. The summed E-state index contributed by atoms with van der Waals surface area (Å²) in [5, 5.41) is 3.19. The number of halogens is 1. The maximum atomic E-state index is 13.2. The first-order valence-corrected chi connectivity index (χ1v) is 11.9. The molecule has 0 radical (unpaired) electrons. The molecule has 4 rings (SSSR count). The third kappa shape index (κ3) is 4.46. The van der Waals surface area contributed by atoms with Gasteiger partial charge in [0.25, 0.3) is 0 Å². The number of nitrogens with one attached hydrogen (secondary N) is 1. The Morgan fingerprint density at radius 3 is 2.50 bits per heavy atom. The summed E-state index contributed by atoms with van der Waals surface area (Å²) in [6, 6.07) is 15.8. The Morgan fingerprint density at radius 1 is 1.06 bits per heavy atom. The Morgan fingerprint density at radius 2 is 1.78 bits per heavy atom. The quantitative estimate of drug-likeness (QED) is 0.463. The standard InChI is InChI=1S/C30H36FN/c1-22(32-4)19-26-8-6-5-7-25(26)14-16-29(2)17-15-27-21-24(13-18-30(27,29)3)20-23-9-11-28(31)12-10-23/h5-13,21,32H,1,14-20H2,2-4H3. The molecule has 168 valence electrons. The summed E-state index contributed by atoms with van der Waals surface area (Å²) < 4.78 is 13.2. The molecule has 0 amide bonds. The molecule has 1 fully saturated rings. The largest absolute Gasteiger partial charge is 0.392 e. The van der Waals surface area contributed by atoms with E-state index in [4.69, 9.17) is 0 Å². The fourth-order valence-corrected chi connectivity index (χ4v) is 5.64. The van der Waals surface area contributed by atoms with Gasteiger partial charge in [0.2, 0.25) is 0 Å². The van der Waals surface area contributed by atoms with Crippen molar-refractivity contribution in [2.75, 3.05) is 7.05 Å². The lowest BCUT2D eigenvalue weighted by molar-refractivity contribution is 0.128. The van der Waals surface area contributed by atoms with E-state index in [1.807, 2.05) is 19.2 Å². The summed E-state index contributed by atoms with van der Waals surface area (Å²) in [7, 11) is 1.94. The van der Waals surface area contributed by atoms with Gasteiger partial charge in [-0.05, 0) is 83.8 Å². The summed E-state index contributed by atoms with van der Waals surface area (Å²) in [5.74, 6) is -0.166. The lowest BCUT2D eigenvalue weighted by Gasteiger charge is -2.44. The fourth-order valence-electron chi connectivity index (χ4n) is 5.64. The highest BCUT2D eigenvalue weighted by Crippen LogP contribution is 2.61. The first-order valence-electron chi connectivity index (χ1n) is 11.9. The van der Waals surface area contributed by atoms with Gasteiger partial charge in [-0.25, -0.2) is 4.39 Å². The van der Waals surface area contributed by atoms with Gasteiger partial charge in [-0.1, -0.05) is 74.5 Å². The van der Waals surface area contributed by atoms with Crippen LogP contribution in [0.5, 0.6) is 0 Å². The zero-order valence-electron chi connectivity index (χ0n) is 19.8. The molecular weight excluding hydrogens is 393 g/mol. The lowest BCUT2D eigenvalue weighted by atomic mass is 9.60. The van der Waals surface area contributed by atoms with Crippen LogP contribution in [0.2, 0.25) is 0 Å². The van der Waals surface area contributed by atoms with Gasteiger partial charge < -0.3 is 5.32 Å². The highest BCUT2D eigenvalue weighted by Gasteiger charge is 2.51. The summed E-state index contributed by atoms with van der Waals surface area (Å²) in [4.78, 5) is 0. The summed E-state index contributed by atoms with van der Waals surface area (Å²) in [5.41, 5.74) is 8.59. The summed E-state index contributed by atoms with van der Waals surface area (Å²) >= 11 is 0. The molecule has 0 bridgehead atoms. The number of allylic oxidation sites excluding steroid dienone is 5. The third-order valence-electron chi connectivity index (χ3n) is 8.26. The van der Waals surface area contributed by atoms with Crippen molar-refractivity contribution in [3.8, 4) is 0 Å². The molecule has 2 atom stereocenters. The minimum absolute atomic E-state index is 0.166. The highest BCUT2D eigenvalue weighted by atomic mass is 19.1. The van der Waals surface area contributed by atoms with Crippen molar-refractivity contribution in [1.29, 1.82) is 0 Å². The summed E-state index contributed by atoms with van der Waals surface area (Å²) in [6.45, 7) is 9.10. The molecule has 2 aromatic carbocycles. The number of hydrogen-bond acceptors (Lipinski definition) is 1. The predicted molar refractivity (Wildman–Crippen MR) is 133 cm³/mol. The van der Waals surface area contributed by atoms with Gasteiger partial charge in [0, 0.05) is 19.2 Å². The van der Waals surface area contributed by atoms with E-state index in [0.717, 1.165) is 31.4 Å². The van der Waals surface area contributed by atoms with Crippen molar-refractivity contribution in [3.63, 3.8) is 0 Å². The zero-order valence-corrected chi connectivity index (χ0v) is 19.8. The number of rotatable bonds is 8. The number of hydrogen-bond donors (Lipinski definition) is 1. The van der Waals surface area contributed by atoms with Gasteiger partial charge in [0.1, 0.15) is 5.82 Å². The van der Waals surface area contributed by atoms with Gasteiger partial charge in [-0.3, -0.25) is 0 Å². The normalized spacial score (nSPS) is 24.5. The van der Waals surface area contributed by atoms with Crippen LogP contribution in [0.4, 0.5) is 4.39 Å². The average Bonchev–Trinajstić information content (AvgIpc) is 3.05. The monoisotopic (exact) mass is 429 g/mol. The SMILES string of the molecule is C=C(Cc1ccccc1CCC1(C)CCC2=CC(Cc3ccc(F)cc3)=CCC21C)NC. The predicted octanol–water partition coefficient (Wildman–Crippen LogP) is 7.34. The van der Waals surface area contributed by atoms with Crippen molar-refractivity contribution in [2.45, 2.75) is 58.8 Å². The van der Waals surface area contributed by atoms with Crippen molar-refractivity contribution in [3.05, 3.63) is 107 Å². The van der Waals surface area contributed by atoms with Crippen molar-refractivity contribution in [1.82, 2.24) is 5.32 Å². The van der Waals surface area contributed by atoms with E-state index in [2.05, 4.69) is 62.2 Å². The molecule has 1 N–H and O–H groups in total. The van der Waals surface area contributed by atoms with Crippen LogP contribution < -0.4 is 5.32 Å². The summed E-state index contributed by atoms with van der Waals surface area (Å²) in [6.07, 6.45) is 12.5. The van der Waals surface area contributed by atoms with Gasteiger partial charge >= 0.3 is 0 Å². The third-order valence-corrected chi connectivity index (χ3v) is 8.26. The van der Waals surface area contributed by atoms with Crippen LogP contribution in [0.15, 0.2) is 84.1 Å². The van der Waals surface area contributed by atoms with Crippen molar-refractivity contribution >= 4 is 0 Å². The smallest absolute Gasteiger partial charge is 0.123 e. The molecule has 0 spiro atoms. The minimum atomic E-state index is -0.166. The first kappa shape index (κ1) is 22.6. The van der Waals surface area contributed by atoms with Crippen LogP contribution in [0.1, 0.15) is 56.2 Å². The Balaban J connectivity index is 1.46. The number of fused-ring (bicyclic) bond motifs is 1. The number of aryl methyl sites for hydroxylation is 1. The van der Waals surface area contributed by atoms with Gasteiger partial charge in [0.15, 0.2) is 0 Å². The number of likely N-dealkylation sites (N-methyl/N-ethyl adjacent to an activating group) is 1. The molecular formula is C30H36FN. The molecule has 0 heterocycles. The fraction of sp³-hybridized carbons (Fsp3) is 0.400. The van der Waals surface area contributed by atoms with Crippen LogP contribution in [-0.2, 0) is 19.3 Å². The van der Waals surface area contributed by atoms with E-state index < -0.39 is 0 Å². The van der Waals surface area contributed by atoms with Crippen LogP contribution >= 0.6 is 0 Å². The second-order valence-electron chi connectivity index (χ2n) is 10.1. The van der Waals surface area contributed by atoms with Crippen LogP contribution in [0.3, 0.4) is 0 Å². The van der Waals surface area contributed by atoms with Crippen molar-refractivity contribution < 1.29 is 4.39 Å². The first-order chi connectivity index (χ1) is 15.3. The maximum absolute atomic E-state index is 13.2. The minimum Gasteiger partial charge on any atom is -0.392 e. The maximum Gasteiger partial charge on any atom is 0.123 e. The van der Waals surface area contributed by atoms with E-state index >= 15 is 0 Å². The Bertz CT molecular complexity index is 1040. The van der Waals surface area contributed by atoms with Crippen LogP contribution in [0, 0.1) is 16.6 Å². The molecule has 1 nitrogen and oxygen atoms in total. The highest BCUT2D eigenvalue weighted by molar-refractivity contribution is 5.40. The molecule has 2 aromatic rings. The average molecular weight is 430 g/mol. The van der Waals surface area contributed by atoms with Crippen LogP contribution in [0.25, 0.3) is 0 Å². The molecule has 2 aliphatic rings. The van der Waals surface area contributed by atoms with E-state index in [1.165, 1.54) is 41.5 Å². The van der Waals surface area contributed by atoms with E-state index in [9.17, 15) is 4.39 Å². The van der Waals surface area contributed by atoms with Crippen LogP contribution in [-0.4, -0.2) is 7.05 Å². The topological polar surface area (TPSA) is 12.0 Å². The molecule has 0 aliphatic heterocycles. The Labute approximate surface area is 193 Å². The molecule has 2 aliphatic carbocycles. The molecule has 2 unspecified atom stereocenters. The van der Waals surface area contributed by atoms with E-state index in [0.29, 0.717) is 5.41 Å². The van der Waals surface area contributed by atoms with E-state index in [-0.39, 0.29) is 11.2 Å². The molecule has 1 saturated carbocycles. The second-order valence-corrected chi connectivity index (χ2v) is 10.1. The number of benzene rings is 2. The second kappa shape index (κ2) is 9.10. The molecule has 32 heavy (non-hydrogen) atoms. The van der Waals surface area contributed by atoms with Gasteiger partial charge in [-0.2, -0.15) is 0 Å². The lowest BCUT2D eigenvalue weighted by Crippen LogP contribution is -2.35.